The van der Waals surface area contributed by atoms with Gasteiger partial charge in [0.1, 0.15) is 6.61 Å². The highest BCUT2D eigenvalue weighted by molar-refractivity contribution is 5.93. The molecule has 0 radical (unpaired) electrons. The van der Waals surface area contributed by atoms with E-state index in [-0.39, 0.29) is 12.1 Å². The van der Waals surface area contributed by atoms with Crippen LogP contribution in [-0.2, 0) is 4.74 Å². The lowest BCUT2D eigenvalue weighted by molar-refractivity contribution is 0.181. The number of anilines is 1. The van der Waals surface area contributed by atoms with Gasteiger partial charge < -0.3 is 14.9 Å². The minimum atomic E-state index is -0.296. The number of hydrogen-bond donors (Lipinski definition) is 1. The molecule has 2 N–H and O–H groups in total. The van der Waals surface area contributed by atoms with E-state index >= 15 is 0 Å². The van der Waals surface area contributed by atoms with Crippen LogP contribution in [0.5, 0.6) is 0 Å². The molecule has 3 heterocycles. The number of ether oxygens (including phenoxy) is 1. The summed E-state index contributed by atoms with van der Waals surface area (Å²) in [4.78, 5) is 18.2. The van der Waals surface area contributed by atoms with Crippen molar-refractivity contribution in [2.75, 3.05) is 18.1 Å². The molecule has 1 atom stereocenters. The van der Waals surface area contributed by atoms with E-state index in [0.29, 0.717) is 19.1 Å². The normalized spacial score (nSPS) is 20.1. The van der Waals surface area contributed by atoms with Crippen molar-refractivity contribution in [3.63, 3.8) is 0 Å². The number of amides is 1. The summed E-state index contributed by atoms with van der Waals surface area (Å²) < 4.78 is 7.06. The van der Waals surface area contributed by atoms with E-state index in [4.69, 9.17) is 10.5 Å². The molecule has 1 aliphatic carbocycles. The number of cyclic esters (lactones) is 1. The molecule has 1 amide bonds. The van der Waals surface area contributed by atoms with E-state index in [2.05, 4.69) is 17.2 Å². The van der Waals surface area contributed by atoms with Crippen molar-refractivity contribution in [2.45, 2.75) is 31.7 Å². The Morgan fingerprint density at radius 2 is 2.24 bits per heavy atom. The van der Waals surface area contributed by atoms with E-state index in [1.807, 2.05) is 17.5 Å². The molecule has 1 saturated carbocycles. The van der Waals surface area contributed by atoms with Crippen molar-refractivity contribution in [1.82, 2.24) is 9.38 Å². The highest BCUT2D eigenvalue weighted by Gasteiger charge is 2.30. The van der Waals surface area contributed by atoms with Gasteiger partial charge in [-0.25, -0.2) is 9.78 Å². The molecule has 4 rings (SSSR count). The molecule has 2 aliphatic rings. The summed E-state index contributed by atoms with van der Waals surface area (Å²) in [7, 11) is 0. The summed E-state index contributed by atoms with van der Waals surface area (Å²) >= 11 is 0. The zero-order valence-corrected chi connectivity index (χ0v) is 12.0. The maximum Gasteiger partial charge on any atom is 0.414 e. The van der Waals surface area contributed by atoms with Crippen LogP contribution >= 0.6 is 0 Å². The van der Waals surface area contributed by atoms with E-state index in [9.17, 15) is 4.79 Å². The van der Waals surface area contributed by atoms with Gasteiger partial charge in [0, 0.05) is 18.4 Å². The number of aromatic nitrogens is 2. The standard InChI is InChI=1S/C15H18N4O2/c1-9(16)12-8-18-7-11(10-2-3-10)6-13(14(18)17-12)19-4-5-21-15(19)20/h6-10H,2-5,16H2,1H3. The predicted molar refractivity (Wildman–Crippen MR) is 78.5 cm³/mol. The van der Waals surface area contributed by atoms with Gasteiger partial charge >= 0.3 is 6.09 Å². The van der Waals surface area contributed by atoms with Crippen molar-refractivity contribution in [2.24, 2.45) is 5.73 Å². The van der Waals surface area contributed by atoms with Crippen molar-refractivity contribution >= 4 is 17.4 Å². The van der Waals surface area contributed by atoms with Gasteiger partial charge in [0.2, 0.25) is 0 Å². The van der Waals surface area contributed by atoms with Gasteiger partial charge in [-0.3, -0.25) is 4.90 Å². The zero-order valence-electron chi connectivity index (χ0n) is 12.0. The number of hydrogen-bond acceptors (Lipinski definition) is 4. The minimum absolute atomic E-state index is 0.132. The highest BCUT2D eigenvalue weighted by atomic mass is 16.6. The third-order valence-electron chi connectivity index (χ3n) is 4.14. The number of carbonyl (C=O) groups excluding carboxylic acids is 1. The van der Waals surface area contributed by atoms with Crippen LogP contribution in [0.4, 0.5) is 10.5 Å². The Labute approximate surface area is 122 Å². The van der Waals surface area contributed by atoms with E-state index in [0.717, 1.165) is 17.0 Å². The lowest BCUT2D eigenvalue weighted by Gasteiger charge is -2.15. The summed E-state index contributed by atoms with van der Waals surface area (Å²) in [5.41, 5.74) is 9.62. The van der Waals surface area contributed by atoms with Crippen molar-refractivity contribution in [1.29, 1.82) is 0 Å². The van der Waals surface area contributed by atoms with Crippen LogP contribution in [0.25, 0.3) is 5.65 Å². The first-order chi connectivity index (χ1) is 10.1. The van der Waals surface area contributed by atoms with E-state index in [1.54, 1.807) is 4.90 Å². The van der Waals surface area contributed by atoms with Gasteiger partial charge in [0.25, 0.3) is 0 Å². The second kappa shape index (κ2) is 4.46. The molecule has 110 valence electrons. The third kappa shape index (κ3) is 2.06. The number of pyridine rings is 1. The lowest BCUT2D eigenvalue weighted by Crippen LogP contribution is -2.24. The molecule has 1 unspecified atom stereocenters. The zero-order chi connectivity index (χ0) is 14.6. The second-order valence-electron chi connectivity index (χ2n) is 5.88. The van der Waals surface area contributed by atoms with Gasteiger partial charge in [-0.2, -0.15) is 0 Å². The molecular weight excluding hydrogens is 268 g/mol. The highest BCUT2D eigenvalue weighted by Crippen LogP contribution is 2.42. The molecule has 1 saturated heterocycles. The molecule has 6 nitrogen and oxygen atoms in total. The molecule has 0 aromatic carbocycles. The number of imidazole rings is 1. The minimum Gasteiger partial charge on any atom is -0.447 e. The molecule has 6 heteroatoms. The van der Waals surface area contributed by atoms with Crippen LogP contribution in [0.2, 0.25) is 0 Å². The van der Waals surface area contributed by atoms with Crippen molar-refractivity contribution < 1.29 is 9.53 Å². The van der Waals surface area contributed by atoms with Crippen molar-refractivity contribution in [3.8, 4) is 0 Å². The molecule has 2 aromatic heterocycles. The largest absolute Gasteiger partial charge is 0.447 e. The molecule has 0 spiro atoms. The fourth-order valence-corrected chi connectivity index (χ4v) is 2.79. The van der Waals surface area contributed by atoms with Crippen LogP contribution < -0.4 is 10.6 Å². The Kier molecular flexibility index (Phi) is 2.68. The quantitative estimate of drug-likeness (QED) is 0.938. The molecule has 1 aliphatic heterocycles. The van der Waals surface area contributed by atoms with E-state index < -0.39 is 0 Å². The monoisotopic (exact) mass is 286 g/mol. The third-order valence-corrected chi connectivity index (χ3v) is 4.14. The molecule has 21 heavy (non-hydrogen) atoms. The van der Waals surface area contributed by atoms with Crippen molar-refractivity contribution in [3.05, 3.63) is 29.7 Å². The van der Waals surface area contributed by atoms with E-state index in [1.165, 1.54) is 18.4 Å². The van der Waals surface area contributed by atoms with Crippen LogP contribution in [0.15, 0.2) is 18.5 Å². The average molecular weight is 286 g/mol. The number of carbonyl (C=O) groups is 1. The molecular formula is C15H18N4O2. The summed E-state index contributed by atoms with van der Waals surface area (Å²) in [6, 6.07) is 1.95. The first kappa shape index (κ1) is 12.6. The number of nitrogens with two attached hydrogens (primary N) is 1. The van der Waals surface area contributed by atoms with Gasteiger partial charge in [0.15, 0.2) is 5.65 Å². The maximum absolute atomic E-state index is 11.9. The first-order valence-corrected chi connectivity index (χ1v) is 7.36. The van der Waals surface area contributed by atoms with Gasteiger partial charge in [-0.1, -0.05) is 0 Å². The Morgan fingerprint density at radius 3 is 2.86 bits per heavy atom. The van der Waals surface area contributed by atoms with Gasteiger partial charge in [-0.15, -0.1) is 0 Å². The topological polar surface area (TPSA) is 72.9 Å². The Morgan fingerprint density at radius 1 is 1.43 bits per heavy atom. The maximum atomic E-state index is 11.9. The average Bonchev–Trinajstić information content (AvgIpc) is 3.07. The molecule has 0 bridgehead atoms. The summed E-state index contributed by atoms with van der Waals surface area (Å²) in [6.45, 7) is 2.91. The first-order valence-electron chi connectivity index (χ1n) is 7.36. The smallest absolute Gasteiger partial charge is 0.414 e. The lowest BCUT2D eigenvalue weighted by atomic mass is 10.1. The van der Waals surface area contributed by atoms with Gasteiger partial charge in [0.05, 0.1) is 17.9 Å². The van der Waals surface area contributed by atoms with Crippen LogP contribution in [0, 0.1) is 0 Å². The Bertz CT molecular complexity index is 718. The molecule has 2 aromatic rings. The summed E-state index contributed by atoms with van der Waals surface area (Å²) in [6.07, 6.45) is 6.19. The number of fused-ring (bicyclic) bond motifs is 1. The Hall–Kier alpha value is -2.08. The number of nitrogens with zero attached hydrogens (tertiary/aromatic N) is 3. The predicted octanol–water partition coefficient (Wildman–Crippen LogP) is 2.19. The van der Waals surface area contributed by atoms with Crippen LogP contribution in [0.1, 0.15) is 43.0 Å². The fourth-order valence-electron chi connectivity index (χ4n) is 2.79. The van der Waals surface area contributed by atoms with Gasteiger partial charge in [-0.05, 0) is 37.3 Å². The summed E-state index contributed by atoms with van der Waals surface area (Å²) in [5, 5.41) is 0. The molecule has 2 fully saturated rings. The Balaban J connectivity index is 1.90. The summed E-state index contributed by atoms with van der Waals surface area (Å²) in [5.74, 6) is 0.605. The van der Waals surface area contributed by atoms with Crippen LogP contribution in [-0.4, -0.2) is 28.6 Å². The fraction of sp³-hybridized carbons (Fsp3) is 0.467. The second-order valence-corrected chi connectivity index (χ2v) is 5.88. The van der Waals surface area contributed by atoms with Crippen LogP contribution in [0.3, 0.4) is 0 Å². The number of rotatable bonds is 3. The SMILES string of the molecule is CC(N)c1cn2cc(C3CC3)cc(N3CCOC3=O)c2n1.